The van der Waals surface area contributed by atoms with Crippen molar-refractivity contribution < 1.29 is 0 Å². The molecule has 0 aromatic heterocycles. The van der Waals surface area contributed by atoms with Crippen LogP contribution in [0.5, 0.6) is 0 Å². The summed E-state index contributed by atoms with van der Waals surface area (Å²) in [6, 6.07) is 8.84. The molecule has 1 N–H and O–H groups in total. The number of hydrazine groups is 1. The predicted octanol–water partition coefficient (Wildman–Crippen LogP) is 3.93. The van der Waals surface area contributed by atoms with Crippen molar-refractivity contribution in [3.8, 4) is 0 Å². The van der Waals surface area contributed by atoms with Crippen molar-refractivity contribution in [2.75, 3.05) is 39.8 Å². The third-order valence-electron chi connectivity index (χ3n) is 7.82. The molecular weight excluding hydrogens is 342 g/mol. The summed E-state index contributed by atoms with van der Waals surface area (Å²) < 4.78 is 0. The van der Waals surface area contributed by atoms with Crippen molar-refractivity contribution >= 4 is 11.6 Å². The molecule has 6 rings (SSSR count). The number of nitrogens with one attached hydrogen (secondary N) is 1. The third-order valence-corrected chi connectivity index (χ3v) is 8.07. The fourth-order valence-corrected chi connectivity index (χ4v) is 7.17. The van der Waals surface area contributed by atoms with Gasteiger partial charge in [0.2, 0.25) is 0 Å². The summed E-state index contributed by atoms with van der Waals surface area (Å²) in [5.74, 6) is 1.86. The summed E-state index contributed by atoms with van der Waals surface area (Å²) in [5.41, 5.74) is 6.34. The van der Waals surface area contributed by atoms with Crippen LogP contribution in [0.4, 0.5) is 0 Å². The predicted molar refractivity (Wildman–Crippen MR) is 107 cm³/mol. The highest BCUT2D eigenvalue weighted by Gasteiger charge is 2.57. The molecule has 1 saturated heterocycles. The lowest BCUT2D eigenvalue weighted by Crippen LogP contribution is -2.59. The zero-order valence-corrected chi connectivity index (χ0v) is 16.8. The Hall–Kier alpha value is -0.610. The molecule has 4 bridgehead atoms. The molecule has 4 heteroatoms. The van der Waals surface area contributed by atoms with Gasteiger partial charge in [-0.25, -0.2) is 5.01 Å². The Bertz CT molecular complexity index is 636. The minimum absolute atomic E-state index is 0.415. The average molecular weight is 374 g/mol. The van der Waals surface area contributed by atoms with Gasteiger partial charge in [0, 0.05) is 37.7 Å². The first-order valence-corrected chi connectivity index (χ1v) is 10.9. The zero-order valence-electron chi connectivity index (χ0n) is 16.0. The second kappa shape index (κ2) is 6.48. The molecule has 26 heavy (non-hydrogen) atoms. The Balaban J connectivity index is 1.34. The largest absolute Gasteiger partial charge is 0.304 e. The van der Waals surface area contributed by atoms with Gasteiger partial charge in [-0.05, 0) is 85.9 Å². The first kappa shape index (κ1) is 17.5. The van der Waals surface area contributed by atoms with Gasteiger partial charge in [0.05, 0.1) is 0 Å². The Morgan fingerprint density at radius 3 is 2.31 bits per heavy atom. The quantitative estimate of drug-likeness (QED) is 0.862. The fourth-order valence-electron chi connectivity index (χ4n) is 7.04. The normalized spacial score (nSPS) is 40.2. The number of rotatable bonds is 4. The highest BCUT2D eigenvalue weighted by atomic mass is 35.5. The number of nitrogens with zero attached hydrogens (tertiary/aromatic N) is 2. The number of hydrogen-bond acceptors (Lipinski definition) is 3. The molecule has 5 fully saturated rings. The van der Waals surface area contributed by atoms with Gasteiger partial charge in [-0.2, -0.15) is 0 Å². The molecule has 5 aliphatic rings. The number of likely N-dealkylation sites (N-methyl/N-ethyl adjacent to an activating group) is 1. The minimum Gasteiger partial charge on any atom is -0.304 e. The maximum Gasteiger partial charge on any atom is 0.0406 e. The topological polar surface area (TPSA) is 18.5 Å². The van der Waals surface area contributed by atoms with Crippen molar-refractivity contribution in [2.24, 2.45) is 17.3 Å². The number of benzene rings is 1. The molecule has 0 radical (unpaired) electrons. The van der Waals surface area contributed by atoms with E-state index in [-0.39, 0.29) is 0 Å². The molecule has 4 aliphatic carbocycles. The fraction of sp³-hybridized carbons (Fsp3) is 0.727. The number of halogens is 1. The highest BCUT2D eigenvalue weighted by molar-refractivity contribution is 6.30. The van der Waals surface area contributed by atoms with Crippen LogP contribution in [-0.2, 0) is 5.41 Å². The van der Waals surface area contributed by atoms with Gasteiger partial charge in [-0.3, -0.25) is 5.43 Å². The smallest absolute Gasteiger partial charge is 0.0406 e. The second-order valence-electron chi connectivity index (χ2n) is 9.87. The minimum atomic E-state index is 0.415. The Kier molecular flexibility index (Phi) is 4.36. The summed E-state index contributed by atoms with van der Waals surface area (Å²) in [5, 5.41) is 3.35. The number of hydrogen-bond donors (Lipinski definition) is 1. The van der Waals surface area contributed by atoms with Crippen LogP contribution < -0.4 is 5.43 Å². The van der Waals surface area contributed by atoms with E-state index < -0.39 is 0 Å². The lowest BCUT2D eigenvalue weighted by molar-refractivity contribution is -0.0801. The molecule has 2 unspecified atom stereocenters. The second-order valence-corrected chi connectivity index (χ2v) is 10.3. The van der Waals surface area contributed by atoms with Gasteiger partial charge < -0.3 is 4.90 Å². The van der Waals surface area contributed by atoms with Crippen LogP contribution >= 0.6 is 11.6 Å². The van der Waals surface area contributed by atoms with Crippen molar-refractivity contribution in [2.45, 2.75) is 43.9 Å². The first-order valence-electron chi connectivity index (χ1n) is 10.5. The Morgan fingerprint density at radius 2 is 1.65 bits per heavy atom. The summed E-state index contributed by atoms with van der Waals surface area (Å²) in [4.78, 5) is 2.43. The molecule has 3 nitrogen and oxygen atoms in total. The summed E-state index contributed by atoms with van der Waals surface area (Å²) >= 11 is 6.17. The lowest BCUT2D eigenvalue weighted by Gasteiger charge is -2.63. The van der Waals surface area contributed by atoms with Gasteiger partial charge in [0.15, 0.2) is 0 Å². The van der Waals surface area contributed by atoms with E-state index >= 15 is 0 Å². The van der Waals surface area contributed by atoms with Crippen LogP contribution in [0, 0.1) is 17.3 Å². The summed E-state index contributed by atoms with van der Waals surface area (Å²) in [6.07, 6.45) is 8.54. The molecular formula is C22H32ClN3. The Morgan fingerprint density at radius 1 is 1.00 bits per heavy atom. The maximum absolute atomic E-state index is 6.17. The molecule has 0 amide bonds. The van der Waals surface area contributed by atoms with Gasteiger partial charge >= 0.3 is 0 Å². The van der Waals surface area contributed by atoms with Crippen molar-refractivity contribution in [1.82, 2.24) is 15.3 Å². The number of piperazine rings is 1. The van der Waals surface area contributed by atoms with Gasteiger partial charge in [0.1, 0.15) is 0 Å². The van der Waals surface area contributed by atoms with E-state index in [1.807, 2.05) is 0 Å². The molecule has 2 atom stereocenters. The van der Waals surface area contributed by atoms with Crippen LogP contribution in [0.15, 0.2) is 24.3 Å². The van der Waals surface area contributed by atoms with Crippen LogP contribution in [0.1, 0.15) is 44.1 Å². The first-order chi connectivity index (χ1) is 12.5. The maximum atomic E-state index is 6.17. The van der Waals surface area contributed by atoms with Gasteiger partial charge in [-0.15, -0.1) is 0 Å². The third kappa shape index (κ3) is 3.11. The van der Waals surface area contributed by atoms with E-state index in [9.17, 15) is 0 Å². The molecule has 1 heterocycles. The van der Waals surface area contributed by atoms with Crippen molar-refractivity contribution in [3.63, 3.8) is 0 Å². The van der Waals surface area contributed by atoms with E-state index in [4.69, 9.17) is 11.6 Å². The zero-order chi connectivity index (χ0) is 17.8. The van der Waals surface area contributed by atoms with Crippen LogP contribution in [0.2, 0.25) is 5.02 Å². The van der Waals surface area contributed by atoms with E-state index in [2.05, 4.69) is 46.6 Å². The SMILES string of the molecule is CN1CCN(NCC23CC4CC(C2)CC(c2ccc(Cl)cc2)(C4)C3)CC1. The average Bonchev–Trinajstić information content (AvgIpc) is 2.61. The molecule has 4 saturated carbocycles. The van der Waals surface area contributed by atoms with Crippen LogP contribution in [-0.4, -0.2) is 49.7 Å². The molecule has 142 valence electrons. The van der Waals surface area contributed by atoms with E-state index in [0.717, 1.165) is 29.9 Å². The molecule has 1 aromatic carbocycles. The lowest BCUT2D eigenvalue weighted by atomic mass is 9.43. The summed E-state index contributed by atoms with van der Waals surface area (Å²) in [6.45, 7) is 5.85. The monoisotopic (exact) mass is 373 g/mol. The highest BCUT2D eigenvalue weighted by Crippen LogP contribution is 2.65. The van der Waals surface area contributed by atoms with E-state index in [1.165, 1.54) is 58.2 Å². The summed E-state index contributed by atoms with van der Waals surface area (Å²) in [7, 11) is 2.23. The van der Waals surface area contributed by atoms with E-state index in [1.54, 1.807) is 5.56 Å². The van der Waals surface area contributed by atoms with Crippen LogP contribution in [0.25, 0.3) is 0 Å². The Labute approximate surface area is 163 Å². The molecule has 1 aliphatic heterocycles. The van der Waals surface area contributed by atoms with Crippen molar-refractivity contribution in [1.29, 1.82) is 0 Å². The van der Waals surface area contributed by atoms with Gasteiger partial charge in [0.25, 0.3) is 0 Å². The van der Waals surface area contributed by atoms with Crippen LogP contribution in [0.3, 0.4) is 0 Å². The standard InChI is InChI=1S/C22H32ClN3/c1-25-6-8-26(9-7-25)24-16-21-11-17-10-18(12-21)14-22(13-17,15-21)19-2-4-20(23)5-3-19/h2-5,17-18,24H,6-16H2,1H3. The van der Waals surface area contributed by atoms with Gasteiger partial charge in [-0.1, -0.05) is 23.7 Å². The van der Waals surface area contributed by atoms with Crippen molar-refractivity contribution in [3.05, 3.63) is 34.9 Å². The molecule has 1 aromatic rings. The molecule has 0 spiro atoms. The van der Waals surface area contributed by atoms with E-state index in [0.29, 0.717) is 10.8 Å².